The lowest BCUT2D eigenvalue weighted by Gasteiger charge is -2.07. The lowest BCUT2D eigenvalue weighted by Crippen LogP contribution is -2.11. The minimum Gasteiger partial charge on any atom is -0.481 e. The maximum Gasteiger partial charge on any atom is 0.257 e. The summed E-state index contributed by atoms with van der Waals surface area (Å²) in [5, 5.41) is 3.67. The van der Waals surface area contributed by atoms with Crippen LogP contribution in [0.1, 0.15) is 5.69 Å². The summed E-state index contributed by atoms with van der Waals surface area (Å²) < 4.78 is 5.03. The summed E-state index contributed by atoms with van der Waals surface area (Å²) in [6.45, 7) is 1.87. The highest BCUT2D eigenvalue weighted by Gasteiger charge is 2.10. The number of hydrogen-bond donors (Lipinski definition) is 2. The molecule has 0 atom stereocenters. The molecule has 0 bridgehead atoms. The number of nitrogens with zero attached hydrogens (tertiary/aromatic N) is 3. The molecule has 22 heavy (non-hydrogen) atoms. The Bertz CT molecular complexity index is 887. The summed E-state index contributed by atoms with van der Waals surface area (Å²) in [4.78, 5) is 27.8. The molecule has 0 aliphatic rings. The van der Waals surface area contributed by atoms with Crippen LogP contribution in [0.25, 0.3) is 22.2 Å². The molecule has 7 nitrogen and oxygen atoms in total. The molecule has 0 aliphatic heterocycles. The molecule has 3 heterocycles. The topological polar surface area (TPSA) is 92.8 Å². The second kappa shape index (κ2) is 5.44. The number of anilines is 1. The zero-order chi connectivity index (χ0) is 15.7. The number of aromatic nitrogens is 4. The molecule has 7 heteroatoms. The normalized spacial score (nSPS) is 10.7. The van der Waals surface area contributed by atoms with Gasteiger partial charge in [0.15, 0.2) is 0 Å². The van der Waals surface area contributed by atoms with Crippen LogP contribution in [-0.2, 0) is 0 Å². The summed E-state index contributed by atoms with van der Waals surface area (Å²) in [6, 6.07) is 5.29. The van der Waals surface area contributed by atoms with E-state index >= 15 is 0 Å². The van der Waals surface area contributed by atoms with Crippen LogP contribution in [-0.4, -0.2) is 34.1 Å². The van der Waals surface area contributed by atoms with Crippen LogP contribution in [0.15, 0.2) is 29.2 Å². The molecule has 0 aromatic carbocycles. The first-order chi connectivity index (χ1) is 10.6. The molecule has 0 amide bonds. The monoisotopic (exact) mass is 297 g/mol. The van der Waals surface area contributed by atoms with Crippen LogP contribution >= 0.6 is 0 Å². The van der Waals surface area contributed by atoms with E-state index < -0.39 is 0 Å². The smallest absolute Gasteiger partial charge is 0.257 e. The number of ether oxygens (including phenoxy) is 1. The summed E-state index contributed by atoms with van der Waals surface area (Å²) in [5.41, 5.74) is 2.30. The van der Waals surface area contributed by atoms with Gasteiger partial charge in [0.2, 0.25) is 11.8 Å². The molecule has 0 unspecified atom stereocenters. The zero-order valence-corrected chi connectivity index (χ0v) is 12.5. The van der Waals surface area contributed by atoms with Gasteiger partial charge in [-0.2, -0.15) is 4.98 Å². The van der Waals surface area contributed by atoms with E-state index in [2.05, 4.69) is 25.3 Å². The van der Waals surface area contributed by atoms with Crippen molar-refractivity contribution in [2.24, 2.45) is 0 Å². The highest BCUT2D eigenvalue weighted by molar-refractivity contribution is 5.83. The van der Waals surface area contributed by atoms with E-state index in [4.69, 9.17) is 4.74 Å². The first-order valence-corrected chi connectivity index (χ1v) is 6.72. The lowest BCUT2D eigenvalue weighted by atomic mass is 10.1. The molecule has 3 aromatic rings. The van der Waals surface area contributed by atoms with Gasteiger partial charge in [-0.15, -0.1) is 0 Å². The van der Waals surface area contributed by atoms with E-state index in [1.165, 1.54) is 0 Å². The number of methoxy groups -OCH3 is 1. The van der Waals surface area contributed by atoms with Crippen LogP contribution in [0.5, 0.6) is 5.88 Å². The highest BCUT2D eigenvalue weighted by Crippen LogP contribution is 2.21. The summed E-state index contributed by atoms with van der Waals surface area (Å²) in [6.07, 6.45) is 1.60. The maximum atomic E-state index is 12.3. The van der Waals surface area contributed by atoms with Crippen molar-refractivity contribution in [3.63, 3.8) is 0 Å². The Labute approximate surface area is 126 Å². The predicted molar refractivity (Wildman–Crippen MR) is 84.2 cm³/mol. The number of aryl methyl sites for hydroxylation is 1. The lowest BCUT2D eigenvalue weighted by molar-refractivity contribution is 0.398. The Morgan fingerprint density at radius 3 is 2.73 bits per heavy atom. The van der Waals surface area contributed by atoms with Crippen LogP contribution in [0, 0.1) is 6.92 Å². The minimum absolute atomic E-state index is 0.223. The third-order valence-electron chi connectivity index (χ3n) is 3.38. The first kappa shape index (κ1) is 14.0. The van der Waals surface area contributed by atoms with Crippen molar-refractivity contribution in [3.05, 3.63) is 40.4 Å². The van der Waals surface area contributed by atoms with E-state index in [0.29, 0.717) is 28.6 Å². The predicted octanol–water partition coefficient (Wildman–Crippen LogP) is 1.74. The molecule has 0 saturated heterocycles. The van der Waals surface area contributed by atoms with Crippen molar-refractivity contribution < 1.29 is 4.74 Å². The molecular weight excluding hydrogens is 282 g/mol. The Kier molecular flexibility index (Phi) is 3.46. The van der Waals surface area contributed by atoms with Gasteiger partial charge in [-0.05, 0) is 19.1 Å². The zero-order valence-electron chi connectivity index (χ0n) is 12.5. The van der Waals surface area contributed by atoms with Crippen molar-refractivity contribution in [1.29, 1.82) is 0 Å². The third-order valence-corrected chi connectivity index (χ3v) is 3.38. The number of nitrogens with one attached hydrogen (secondary N) is 2. The average Bonchev–Trinajstić information content (AvgIpc) is 2.54. The summed E-state index contributed by atoms with van der Waals surface area (Å²) in [5.74, 6) is 0.971. The molecule has 3 aromatic heterocycles. The molecule has 2 N–H and O–H groups in total. The SMILES string of the molecule is CNc1nc(C)c2cc(-c3ccc(OC)nc3)c(=O)[nH]c2n1. The number of H-pyrrole nitrogens is 1. The molecular formula is C15H15N5O2. The number of pyridine rings is 2. The molecule has 0 fully saturated rings. The fourth-order valence-electron chi connectivity index (χ4n) is 2.22. The molecule has 0 spiro atoms. The standard InChI is InChI=1S/C15H15N5O2/c1-8-10-6-11(9-4-5-12(22-3)17-7-9)14(21)19-13(10)20-15(16-2)18-8/h4-7H,1-3H3,(H2,16,18,19,20,21). The van der Waals surface area contributed by atoms with Gasteiger partial charge < -0.3 is 15.0 Å². The molecule has 0 aliphatic carbocycles. The molecule has 112 valence electrons. The third kappa shape index (κ3) is 2.37. The molecule has 0 saturated carbocycles. The van der Waals surface area contributed by atoms with Gasteiger partial charge >= 0.3 is 0 Å². The van der Waals surface area contributed by atoms with Gasteiger partial charge in [0.05, 0.1) is 12.8 Å². The van der Waals surface area contributed by atoms with Crippen LogP contribution in [0.4, 0.5) is 5.95 Å². The fourth-order valence-corrected chi connectivity index (χ4v) is 2.22. The quantitative estimate of drug-likeness (QED) is 0.765. The summed E-state index contributed by atoms with van der Waals surface area (Å²) >= 11 is 0. The molecule has 3 rings (SSSR count). The van der Waals surface area contributed by atoms with Crippen LogP contribution in [0.2, 0.25) is 0 Å². The van der Waals surface area contributed by atoms with Crippen LogP contribution < -0.4 is 15.6 Å². The van der Waals surface area contributed by atoms with Gasteiger partial charge in [0, 0.05) is 35.8 Å². The molecule has 0 radical (unpaired) electrons. The van der Waals surface area contributed by atoms with Crippen molar-refractivity contribution in [3.8, 4) is 17.0 Å². The number of rotatable bonds is 3. The maximum absolute atomic E-state index is 12.3. The fraction of sp³-hybridized carbons (Fsp3) is 0.200. The van der Waals surface area contributed by atoms with Crippen molar-refractivity contribution in [2.75, 3.05) is 19.5 Å². The van der Waals surface area contributed by atoms with E-state index in [1.54, 1.807) is 38.6 Å². The van der Waals surface area contributed by atoms with Crippen molar-refractivity contribution in [1.82, 2.24) is 19.9 Å². The van der Waals surface area contributed by atoms with E-state index in [1.807, 2.05) is 6.92 Å². The van der Waals surface area contributed by atoms with E-state index in [0.717, 1.165) is 11.1 Å². The summed E-state index contributed by atoms with van der Waals surface area (Å²) in [7, 11) is 3.28. The van der Waals surface area contributed by atoms with Gasteiger partial charge in [0.25, 0.3) is 5.56 Å². The Morgan fingerprint density at radius 2 is 2.09 bits per heavy atom. The van der Waals surface area contributed by atoms with E-state index in [-0.39, 0.29) is 5.56 Å². The Hall–Kier alpha value is -2.96. The van der Waals surface area contributed by atoms with Gasteiger partial charge in [0.1, 0.15) is 5.65 Å². The Morgan fingerprint density at radius 1 is 1.27 bits per heavy atom. The number of hydrogen-bond acceptors (Lipinski definition) is 6. The van der Waals surface area contributed by atoms with Crippen molar-refractivity contribution >= 4 is 17.0 Å². The van der Waals surface area contributed by atoms with E-state index in [9.17, 15) is 4.79 Å². The van der Waals surface area contributed by atoms with Crippen LogP contribution in [0.3, 0.4) is 0 Å². The van der Waals surface area contributed by atoms with Crippen molar-refractivity contribution in [2.45, 2.75) is 6.92 Å². The second-order valence-corrected chi connectivity index (χ2v) is 4.75. The second-order valence-electron chi connectivity index (χ2n) is 4.75. The largest absolute Gasteiger partial charge is 0.481 e. The Balaban J connectivity index is 2.20. The first-order valence-electron chi connectivity index (χ1n) is 6.72. The van der Waals surface area contributed by atoms with Gasteiger partial charge in [-0.1, -0.05) is 0 Å². The minimum atomic E-state index is -0.223. The van der Waals surface area contributed by atoms with Gasteiger partial charge in [-0.3, -0.25) is 4.79 Å². The highest BCUT2D eigenvalue weighted by atomic mass is 16.5. The number of fused-ring (bicyclic) bond motifs is 1. The average molecular weight is 297 g/mol. The van der Waals surface area contributed by atoms with Gasteiger partial charge in [-0.25, -0.2) is 9.97 Å². The number of aromatic amines is 1.